The van der Waals surface area contributed by atoms with Gasteiger partial charge in [0.25, 0.3) is 0 Å². The van der Waals surface area contributed by atoms with Crippen LogP contribution in [0.4, 0.5) is 0 Å². The van der Waals surface area contributed by atoms with E-state index < -0.39 is 0 Å². The van der Waals surface area contributed by atoms with Gasteiger partial charge in [0.2, 0.25) is 0 Å². The van der Waals surface area contributed by atoms with Gasteiger partial charge in [-0.1, -0.05) is 178 Å². The zero-order valence-electron chi connectivity index (χ0n) is 33.7. The third-order valence-electron chi connectivity index (χ3n) is 12.3. The van der Waals surface area contributed by atoms with E-state index in [2.05, 4.69) is 208 Å². The minimum atomic E-state index is -0.145. The van der Waals surface area contributed by atoms with Crippen LogP contribution in [0.25, 0.3) is 55.3 Å². The molecule has 1 unspecified atom stereocenters. The fourth-order valence-corrected chi connectivity index (χ4v) is 9.58. The van der Waals surface area contributed by atoms with Gasteiger partial charge in [0.05, 0.1) is 22.8 Å². The van der Waals surface area contributed by atoms with Gasteiger partial charge in [-0.15, -0.1) is 0 Å². The molecule has 1 aromatic heterocycles. The van der Waals surface area contributed by atoms with Crippen molar-refractivity contribution in [2.45, 2.75) is 38.6 Å². The maximum Gasteiger partial charge on any atom is 0.155 e. The first kappa shape index (κ1) is 36.3. The number of aliphatic imine (C=N–C) groups is 2. The van der Waals surface area contributed by atoms with E-state index in [0.29, 0.717) is 6.42 Å². The largest absolute Gasteiger partial charge is 0.309 e. The lowest BCUT2D eigenvalue weighted by molar-refractivity contribution is 0.662. The lowest BCUT2D eigenvalue weighted by Crippen LogP contribution is -2.17. The number of fused-ring (bicyclic) bond motifs is 4. The Morgan fingerprint density at radius 1 is 0.627 bits per heavy atom. The Kier molecular flexibility index (Phi) is 9.02. The summed E-state index contributed by atoms with van der Waals surface area (Å²) < 4.78 is 2.41. The molecule has 8 aromatic rings. The standard InChI is InChI=1S/C56H45N3/c1-5-18-48-43(6-2)45-26-16-25-44(54(45)56(48,3)4)38-31-29-37(30-32-38)41-33-34-51-47(35-41)53-46(27-17-28-52(53)59(51)42-23-14-9-15-24-42)50-36-49(39-19-10-7-11-20-39)57-55(58-50)40-21-12-8-13-22-40/h5-35,50H,1,36H2,2-4H3/b43-6-,48-18+. The maximum atomic E-state index is 5.42. The van der Waals surface area contributed by atoms with Gasteiger partial charge < -0.3 is 4.57 Å². The summed E-state index contributed by atoms with van der Waals surface area (Å²) in [6.45, 7) is 10.8. The Hall–Kier alpha value is -7.10. The van der Waals surface area contributed by atoms with Gasteiger partial charge >= 0.3 is 0 Å². The average Bonchev–Trinajstić information content (AvgIpc) is 3.74. The molecule has 0 saturated carbocycles. The van der Waals surface area contributed by atoms with E-state index in [1.165, 1.54) is 71.9 Å². The second-order valence-electron chi connectivity index (χ2n) is 16.1. The molecule has 7 aromatic carbocycles. The van der Waals surface area contributed by atoms with Crippen molar-refractivity contribution in [2.75, 3.05) is 0 Å². The van der Waals surface area contributed by atoms with Crippen LogP contribution in [0.15, 0.2) is 210 Å². The predicted molar refractivity (Wildman–Crippen MR) is 250 cm³/mol. The number of aromatic nitrogens is 1. The normalized spacial score (nSPS) is 17.3. The summed E-state index contributed by atoms with van der Waals surface area (Å²) in [5.41, 5.74) is 17.9. The Balaban J connectivity index is 1.12. The second kappa shape index (κ2) is 14.7. The molecule has 0 N–H and O–H groups in total. The molecule has 10 rings (SSSR count). The molecule has 2 aliphatic rings. The van der Waals surface area contributed by atoms with Crippen molar-refractivity contribution < 1.29 is 0 Å². The third kappa shape index (κ3) is 6.13. The van der Waals surface area contributed by atoms with Crippen molar-refractivity contribution in [1.82, 2.24) is 4.57 Å². The highest BCUT2D eigenvalue weighted by Crippen LogP contribution is 2.53. The van der Waals surface area contributed by atoms with Crippen molar-refractivity contribution in [3.05, 3.63) is 228 Å². The molecule has 3 heteroatoms. The van der Waals surface area contributed by atoms with Crippen LogP contribution in [0, 0.1) is 0 Å². The molecule has 0 spiro atoms. The van der Waals surface area contributed by atoms with Crippen molar-refractivity contribution in [1.29, 1.82) is 0 Å². The van der Waals surface area contributed by atoms with E-state index in [0.717, 1.165) is 28.4 Å². The van der Waals surface area contributed by atoms with Gasteiger partial charge in [0.1, 0.15) is 0 Å². The molecule has 1 aliphatic carbocycles. The van der Waals surface area contributed by atoms with Crippen LogP contribution in [0.2, 0.25) is 0 Å². The molecule has 0 saturated heterocycles. The highest BCUT2D eigenvalue weighted by Gasteiger charge is 2.39. The molecule has 3 nitrogen and oxygen atoms in total. The van der Waals surface area contributed by atoms with Gasteiger partial charge in [0, 0.05) is 33.9 Å². The van der Waals surface area contributed by atoms with Crippen LogP contribution < -0.4 is 0 Å². The Morgan fingerprint density at radius 2 is 1.27 bits per heavy atom. The number of para-hydroxylation sites is 1. The van der Waals surface area contributed by atoms with E-state index in [4.69, 9.17) is 9.98 Å². The van der Waals surface area contributed by atoms with E-state index in [9.17, 15) is 0 Å². The molecule has 0 bridgehead atoms. The molecule has 0 radical (unpaired) electrons. The summed E-state index contributed by atoms with van der Waals surface area (Å²) in [4.78, 5) is 10.6. The minimum Gasteiger partial charge on any atom is -0.309 e. The Labute approximate surface area is 346 Å². The van der Waals surface area contributed by atoms with Gasteiger partial charge in [-0.3, -0.25) is 4.99 Å². The molecule has 0 fully saturated rings. The zero-order valence-corrected chi connectivity index (χ0v) is 33.7. The summed E-state index contributed by atoms with van der Waals surface area (Å²) in [5, 5.41) is 2.44. The second-order valence-corrected chi connectivity index (χ2v) is 16.1. The molecule has 1 aliphatic heterocycles. The number of amidine groups is 1. The molecule has 0 amide bonds. The Morgan fingerprint density at radius 3 is 1.98 bits per heavy atom. The van der Waals surface area contributed by atoms with Gasteiger partial charge in [-0.2, -0.15) is 0 Å². The van der Waals surface area contributed by atoms with Crippen molar-refractivity contribution >= 4 is 38.9 Å². The smallest absolute Gasteiger partial charge is 0.155 e. The Bertz CT molecular complexity index is 3030. The maximum absolute atomic E-state index is 5.42. The van der Waals surface area contributed by atoms with E-state index in [1.807, 2.05) is 12.1 Å². The number of benzene rings is 7. The number of hydrogen-bond acceptors (Lipinski definition) is 2. The summed E-state index contributed by atoms with van der Waals surface area (Å²) in [6.07, 6.45) is 7.04. The average molecular weight is 760 g/mol. The number of allylic oxidation sites excluding steroid dienone is 5. The van der Waals surface area contributed by atoms with Gasteiger partial charge in [-0.05, 0) is 92.9 Å². The lowest BCUT2D eigenvalue weighted by Gasteiger charge is -2.24. The van der Waals surface area contributed by atoms with Crippen LogP contribution in [0.3, 0.4) is 0 Å². The van der Waals surface area contributed by atoms with Crippen molar-refractivity contribution in [3.63, 3.8) is 0 Å². The quantitative estimate of drug-likeness (QED) is 0.155. The summed E-state index contributed by atoms with van der Waals surface area (Å²) in [7, 11) is 0. The number of nitrogens with zero attached hydrogens (tertiary/aromatic N) is 3. The molecule has 2 heterocycles. The minimum absolute atomic E-state index is 0.124. The van der Waals surface area contributed by atoms with Crippen molar-refractivity contribution in [3.8, 4) is 27.9 Å². The fourth-order valence-electron chi connectivity index (χ4n) is 9.58. The van der Waals surface area contributed by atoms with Gasteiger partial charge in [0.15, 0.2) is 5.84 Å². The molecular formula is C56H45N3. The van der Waals surface area contributed by atoms with E-state index in [-0.39, 0.29) is 11.5 Å². The monoisotopic (exact) mass is 759 g/mol. The van der Waals surface area contributed by atoms with Crippen LogP contribution in [-0.2, 0) is 5.41 Å². The van der Waals surface area contributed by atoms with Crippen LogP contribution in [-0.4, -0.2) is 16.1 Å². The van der Waals surface area contributed by atoms with Crippen LogP contribution in [0.5, 0.6) is 0 Å². The third-order valence-corrected chi connectivity index (χ3v) is 12.3. The first-order valence-corrected chi connectivity index (χ1v) is 20.6. The number of rotatable bonds is 7. The first-order valence-electron chi connectivity index (χ1n) is 20.6. The molecule has 284 valence electrons. The highest BCUT2D eigenvalue weighted by molar-refractivity contribution is 6.16. The zero-order chi connectivity index (χ0) is 40.1. The van der Waals surface area contributed by atoms with Gasteiger partial charge in [-0.25, -0.2) is 4.99 Å². The molecule has 59 heavy (non-hydrogen) atoms. The first-order chi connectivity index (χ1) is 28.9. The fraction of sp³-hybridized carbons (Fsp3) is 0.107. The summed E-state index contributed by atoms with van der Waals surface area (Å²) >= 11 is 0. The number of hydrogen-bond donors (Lipinski definition) is 0. The molecular weight excluding hydrogens is 715 g/mol. The van der Waals surface area contributed by atoms with E-state index in [1.54, 1.807) is 0 Å². The summed E-state index contributed by atoms with van der Waals surface area (Å²) in [5.74, 6) is 0.771. The lowest BCUT2D eigenvalue weighted by atomic mass is 9.78. The topological polar surface area (TPSA) is 29.6 Å². The van der Waals surface area contributed by atoms with Crippen LogP contribution >= 0.6 is 0 Å². The van der Waals surface area contributed by atoms with Crippen LogP contribution in [0.1, 0.15) is 61.1 Å². The summed E-state index contributed by atoms with van der Waals surface area (Å²) in [6, 6.07) is 61.1. The van der Waals surface area contributed by atoms with E-state index >= 15 is 0 Å². The SMILES string of the molecule is C=C/C=C1\C(=C/C)c2cccc(-c3ccc(-c4ccc5c(c4)c4c(C6CC(c7ccccc7)=NC(c7ccccc7)=N6)cccc4n5-c4ccccc4)cc3)c2C1(C)C. The molecule has 1 atom stereocenters. The van der Waals surface area contributed by atoms with Crippen molar-refractivity contribution in [2.24, 2.45) is 9.98 Å². The highest BCUT2D eigenvalue weighted by atomic mass is 15.0. The predicted octanol–water partition coefficient (Wildman–Crippen LogP) is 14.3.